The second kappa shape index (κ2) is 10.0. The fraction of sp³-hybridized carbons (Fsp3) is 0.519. The molecule has 172 valence electrons. The molecule has 1 heterocycles. The van der Waals surface area contributed by atoms with Crippen LogP contribution in [0.4, 0.5) is 4.39 Å². The van der Waals surface area contributed by atoms with E-state index >= 15 is 4.39 Å². The number of piperidine rings is 1. The van der Waals surface area contributed by atoms with Crippen LogP contribution >= 0.6 is 0 Å². The average molecular weight is 440 g/mol. The van der Waals surface area contributed by atoms with Gasteiger partial charge in [-0.15, -0.1) is 0 Å². The van der Waals surface area contributed by atoms with Gasteiger partial charge in [0, 0.05) is 24.4 Å². The minimum absolute atomic E-state index is 0.140. The molecular formula is C27H34FNO3. The number of fused-ring (bicyclic) bond motifs is 1. The van der Waals surface area contributed by atoms with Crippen LogP contribution in [0.2, 0.25) is 0 Å². The summed E-state index contributed by atoms with van der Waals surface area (Å²) in [6, 6.07) is 13.9. The van der Waals surface area contributed by atoms with Crippen LogP contribution in [0.15, 0.2) is 42.5 Å². The quantitative estimate of drug-likeness (QED) is 0.508. The van der Waals surface area contributed by atoms with Crippen molar-refractivity contribution in [2.24, 2.45) is 5.92 Å². The molecule has 4 nitrogen and oxygen atoms in total. The summed E-state index contributed by atoms with van der Waals surface area (Å²) in [5.41, 5.74) is 0.657. The van der Waals surface area contributed by atoms with Crippen molar-refractivity contribution in [1.82, 2.24) is 4.90 Å². The normalized spacial score (nSPS) is 21.5. The first-order valence-electron chi connectivity index (χ1n) is 12.0. The zero-order chi connectivity index (χ0) is 22.6. The summed E-state index contributed by atoms with van der Waals surface area (Å²) >= 11 is 0. The third-order valence-corrected chi connectivity index (χ3v) is 6.65. The molecule has 1 fully saturated rings. The van der Waals surface area contributed by atoms with Gasteiger partial charge in [0.25, 0.3) is 0 Å². The molecule has 1 aliphatic heterocycles. The van der Waals surface area contributed by atoms with E-state index in [0.717, 1.165) is 38.0 Å². The van der Waals surface area contributed by atoms with E-state index in [0.29, 0.717) is 43.1 Å². The zero-order valence-electron chi connectivity index (χ0n) is 19.2. The van der Waals surface area contributed by atoms with Crippen LogP contribution < -0.4 is 9.47 Å². The van der Waals surface area contributed by atoms with Crippen molar-refractivity contribution in [3.05, 3.63) is 59.2 Å². The number of rotatable bonds is 9. The van der Waals surface area contributed by atoms with Crippen molar-refractivity contribution in [2.75, 3.05) is 26.3 Å². The van der Waals surface area contributed by atoms with Crippen LogP contribution in [0.1, 0.15) is 61.0 Å². The van der Waals surface area contributed by atoms with E-state index in [-0.39, 0.29) is 18.1 Å². The van der Waals surface area contributed by atoms with E-state index in [9.17, 15) is 4.79 Å². The first-order valence-corrected chi connectivity index (χ1v) is 12.0. The van der Waals surface area contributed by atoms with E-state index < -0.39 is 5.67 Å². The van der Waals surface area contributed by atoms with Crippen molar-refractivity contribution in [3.63, 3.8) is 0 Å². The highest BCUT2D eigenvalue weighted by Gasteiger charge is 2.52. The molecule has 0 radical (unpaired) electrons. The van der Waals surface area contributed by atoms with Crippen LogP contribution in [0.3, 0.4) is 0 Å². The Morgan fingerprint density at radius 3 is 2.25 bits per heavy atom. The Morgan fingerprint density at radius 2 is 1.62 bits per heavy atom. The Balaban J connectivity index is 1.47. The van der Waals surface area contributed by atoms with Gasteiger partial charge in [0.1, 0.15) is 0 Å². The lowest BCUT2D eigenvalue weighted by Crippen LogP contribution is -2.46. The minimum Gasteiger partial charge on any atom is -0.490 e. The SMILES string of the molecule is CCCOc1cc2c(cc1OCCC)C(=O)C(F)(C1CCN(Cc3ccccc3)CC1)C2. The summed E-state index contributed by atoms with van der Waals surface area (Å²) in [5.74, 6) is 0.537. The molecule has 32 heavy (non-hydrogen) atoms. The summed E-state index contributed by atoms with van der Waals surface area (Å²) in [7, 11) is 0. The Bertz CT molecular complexity index is 924. The standard InChI is InChI=1S/C27H34FNO3/c1-3-14-31-24-16-21-18-27(28,26(30)23(21)17-25(24)32-15-4-2)22-10-12-29(13-11-22)19-20-8-6-5-7-9-20/h5-9,16-17,22H,3-4,10-15,18-19H2,1-2H3. The maximum absolute atomic E-state index is 16.3. The highest BCUT2D eigenvalue weighted by molar-refractivity contribution is 6.07. The molecule has 0 saturated carbocycles. The molecule has 2 aliphatic rings. The molecule has 0 spiro atoms. The Labute approximate surface area is 190 Å². The maximum atomic E-state index is 16.3. The molecule has 1 unspecified atom stereocenters. The number of Topliss-reactive ketones (excluding diaryl/α,β-unsaturated/α-hetero) is 1. The largest absolute Gasteiger partial charge is 0.490 e. The number of benzene rings is 2. The zero-order valence-corrected chi connectivity index (χ0v) is 19.2. The number of ketones is 1. The molecule has 5 heteroatoms. The first kappa shape index (κ1) is 22.8. The first-order chi connectivity index (χ1) is 15.5. The highest BCUT2D eigenvalue weighted by atomic mass is 19.1. The molecule has 0 aromatic heterocycles. The van der Waals surface area contributed by atoms with Crippen molar-refractivity contribution in [3.8, 4) is 11.5 Å². The number of ether oxygens (including phenoxy) is 2. The van der Waals surface area contributed by atoms with Gasteiger partial charge in [-0.3, -0.25) is 9.69 Å². The van der Waals surface area contributed by atoms with Crippen LogP contribution in [0.25, 0.3) is 0 Å². The van der Waals surface area contributed by atoms with Crippen molar-refractivity contribution >= 4 is 5.78 Å². The van der Waals surface area contributed by atoms with Gasteiger partial charge < -0.3 is 9.47 Å². The summed E-state index contributed by atoms with van der Waals surface area (Å²) in [5, 5.41) is 0. The smallest absolute Gasteiger partial charge is 0.201 e. The van der Waals surface area contributed by atoms with Crippen LogP contribution in [-0.4, -0.2) is 42.7 Å². The number of nitrogens with zero attached hydrogens (tertiary/aromatic N) is 1. The van der Waals surface area contributed by atoms with E-state index in [1.807, 2.05) is 38.1 Å². The molecule has 1 saturated heterocycles. The topological polar surface area (TPSA) is 38.8 Å². The second-order valence-corrected chi connectivity index (χ2v) is 9.06. The summed E-state index contributed by atoms with van der Waals surface area (Å²) in [6.07, 6.45) is 3.26. The third kappa shape index (κ3) is 4.68. The molecule has 1 atom stereocenters. The Kier molecular flexibility index (Phi) is 7.14. The summed E-state index contributed by atoms with van der Waals surface area (Å²) in [4.78, 5) is 15.6. The third-order valence-electron chi connectivity index (χ3n) is 6.65. The lowest BCUT2D eigenvalue weighted by molar-refractivity contribution is 0.0326. The molecule has 0 amide bonds. The van der Waals surface area contributed by atoms with Crippen LogP contribution in [0.5, 0.6) is 11.5 Å². The van der Waals surface area contributed by atoms with Gasteiger partial charge in [-0.2, -0.15) is 0 Å². The monoisotopic (exact) mass is 439 g/mol. The Morgan fingerprint density at radius 1 is 1.00 bits per heavy atom. The molecular weight excluding hydrogens is 405 g/mol. The van der Waals surface area contributed by atoms with Crippen molar-refractivity contribution in [1.29, 1.82) is 0 Å². The predicted molar refractivity (Wildman–Crippen MR) is 124 cm³/mol. The van der Waals surface area contributed by atoms with Crippen molar-refractivity contribution < 1.29 is 18.7 Å². The Hall–Kier alpha value is -2.40. The van der Waals surface area contributed by atoms with Gasteiger partial charge in [-0.25, -0.2) is 4.39 Å². The van der Waals surface area contributed by atoms with Gasteiger partial charge in [0.05, 0.1) is 13.2 Å². The number of hydrogen-bond acceptors (Lipinski definition) is 4. The van der Waals surface area contributed by atoms with Crippen LogP contribution in [-0.2, 0) is 13.0 Å². The van der Waals surface area contributed by atoms with Gasteiger partial charge in [-0.1, -0.05) is 44.2 Å². The summed E-state index contributed by atoms with van der Waals surface area (Å²) in [6.45, 7) is 7.67. The molecule has 1 aliphatic carbocycles. The molecule has 2 aromatic rings. The lowest BCUT2D eigenvalue weighted by atomic mass is 9.79. The second-order valence-electron chi connectivity index (χ2n) is 9.06. The van der Waals surface area contributed by atoms with E-state index in [1.54, 1.807) is 6.07 Å². The fourth-order valence-corrected chi connectivity index (χ4v) is 4.91. The molecule has 0 bridgehead atoms. The highest BCUT2D eigenvalue weighted by Crippen LogP contribution is 2.46. The number of likely N-dealkylation sites (tertiary alicyclic amines) is 1. The predicted octanol–water partition coefficient (Wildman–Crippen LogP) is 5.62. The molecule has 0 N–H and O–H groups in total. The number of alkyl halides is 1. The fourth-order valence-electron chi connectivity index (χ4n) is 4.91. The lowest BCUT2D eigenvalue weighted by Gasteiger charge is -2.37. The van der Waals surface area contributed by atoms with E-state index in [1.165, 1.54) is 5.56 Å². The van der Waals surface area contributed by atoms with E-state index in [2.05, 4.69) is 17.0 Å². The van der Waals surface area contributed by atoms with Crippen molar-refractivity contribution in [2.45, 2.75) is 58.2 Å². The maximum Gasteiger partial charge on any atom is 0.201 e. The van der Waals surface area contributed by atoms with Gasteiger partial charge >= 0.3 is 0 Å². The number of carbonyl (C=O) groups is 1. The summed E-state index contributed by atoms with van der Waals surface area (Å²) < 4.78 is 28.0. The number of hydrogen-bond donors (Lipinski definition) is 0. The molecule has 2 aromatic carbocycles. The molecule has 4 rings (SSSR count). The average Bonchev–Trinajstić information content (AvgIpc) is 3.07. The van der Waals surface area contributed by atoms with Gasteiger partial charge in [0.15, 0.2) is 17.2 Å². The number of carbonyl (C=O) groups excluding carboxylic acids is 1. The van der Waals surface area contributed by atoms with E-state index in [4.69, 9.17) is 9.47 Å². The van der Waals surface area contributed by atoms with Gasteiger partial charge in [-0.05, 0) is 62.0 Å². The number of halogens is 1. The minimum atomic E-state index is -1.83. The van der Waals surface area contributed by atoms with Gasteiger partial charge in [0.2, 0.25) is 5.78 Å². The van der Waals surface area contributed by atoms with Crippen LogP contribution in [0, 0.1) is 5.92 Å².